The lowest BCUT2D eigenvalue weighted by atomic mass is 10.2. The van der Waals surface area contributed by atoms with E-state index in [4.69, 9.17) is 9.26 Å². The van der Waals surface area contributed by atoms with Crippen LogP contribution in [0.3, 0.4) is 0 Å². The second-order valence-corrected chi connectivity index (χ2v) is 5.55. The van der Waals surface area contributed by atoms with Gasteiger partial charge in [0.1, 0.15) is 11.5 Å². The van der Waals surface area contributed by atoms with Gasteiger partial charge in [-0.2, -0.15) is 0 Å². The molecular formula is C16H18N4O4. The van der Waals surface area contributed by atoms with Crippen molar-refractivity contribution in [3.05, 3.63) is 41.4 Å². The number of carbonyl (C=O) groups is 2. The van der Waals surface area contributed by atoms with Crippen LogP contribution in [0.2, 0.25) is 0 Å². The quantitative estimate of drug-likeness (QED) is 0.861. The van der Waals surface area contributed by atoms with Crippen LogP contribution in [-0.2, 0) is 4.74 Å². The van der Waals surface area contributed by atoms with Gasteiger partial charge in [-0.25, -0.2) is 0 Å². The van der Waals surface area contributed by atoms with Crippen molar-refractivity contribution in [1.29, 1.82) is 0 Å². The number of amides is 2. The van der Waals surface area contributed by atoms with Crippen LogP contribution in [0, 0.1) is 6.92 Å². The van der Waals surface area contributed by atoms with Gasteiger partial charge in [-0.3, -0.25) is 14.6 Å². The maximum absolute atomic E-state index is 12.2. The molecule has 2 aromatic heterocycles. The topological polar surface area (TPSA) is 106 Å². The Bertz CT molecular complexity index is 737. The lowest BCUT2D eigenvalue weighted by molar-refractivity contribution is 0.0857. The number of pyridine rings is 1. The standard InChI is InChI=1S/C16H18N4O4/c1-10-7-14(20-24-10)19-16(22)13-8-11(4-5-17-13)15(21)18-9-12-3-2-6-23-12/h4-5,7-8,12H,2-3,6,9H2,1H3,(H,18,21)(H,19,20,22). The van der Waals surface area contributed by atoms with E-state index in [2.05, 4.69) is 20.8 Å². The third-order valence-electron chi connectivity index (χ3n) is 3.64. The molecule has 2 amide bonds. The largest absolute Gasteiger partial charge is 0.376 e. The fraction of sp³-hybridized carbons (Fsp3) is 0.375. The summed E-state index contributed by atoms with van der Waals surface area (Å²) in [5.74, 6) is 0.157. The smallest absolute Gasteiger partial charge is 0.275 e. The number of nitrogens with zero attached hydrogens (tertiary/aromatic N) is 2. The summed E-state index contributed by atoms with van der Waals surface area (Å²) in [6.45, 7) is 2.92. The highest BCUT2D eigenvalue weighted by Gasteiger charge is 2.18. The Morgan fingerprint density at radius 1 is 1.33 bits per heavy atom. The zero-order valence-corrected chi connectivity index (χ0v) is 13.2. The minimum Gasteiger partial charge on any atom is -0.376 e. The molecule has 8 nitrogen and oxygen atoms in total. The molecule has 2 aromatic rings. The van der Waals surface area contributed by atoms with Gasteiger partial charge in [-0.1, -0.05) is 5.16 Å². The molecule has 0 aliphatic carbocycles. The Hall–Kier alpha value is -2.74. The van der Waals surface area contributed by atoms with Crippen molar-refractivity contribution in [2.24, 2.45) is 0 Å². The van der Waals surface area contributed by atoms with Crippen molar-refractivity contribution in [2.75, 3.05) is 18.5 Å². The van der Waals surface area contributed by atoms with Gasteiger partial charge in [-0.05, 0) is 31.9 Å². The van der Waals surface area contributed by atoms with E-state index in [1.165, 1.54) is 12.3 Å². The zero-order chi connectivity index (χ0) is 16.9. The van der Waals surface area contributed by atoms with Crippen molar-refractivity contribution in [3.8, 4) is 0 Å². The van der Waals surface area contributed by atoms with Crippen LogP contribution in [0.5, 0.6) is 0 Å². The van der Waals surface area contributed by atoms with Crippen LogP contribution in [-0.4, -0.2) is 41.2 Å². The minimum absolute atomic E-state index is 0.0639. The Morgan fingerprint density at radius 3 is 2.92 bits per heavy atom. The Labute approximate surface area is 138 Å². The van der Waals surface area contributed by atoms with Crippen molar-refractivity contribution in [1.82, 2.24) is 15.5 Å². The molecule has 126 valence electrons. The van der Waals surface area contributed by atoms with E-state index in [0.717, 1.165) is 19.4 Å². The molecule has 24 heavy (non-hydrogen) atoms. The summed E-state index contributed by atoms with van der Waals surface area (Å²) in [7, 11) is 0. The fourth-order valence-corrected chi connectivity index (χ4v) is 2.42. The van der Waals surface area contributed by atoms with Gasteiger partial charge < -0.3 is 19.9 Å². The maximum atomic E-state index is 12.2. The number of aromatic nitrogens is 2. The van der Waals surface area contributed by atoms with E-state index in [1.807, 2.05) is 0 Å². The Morgan fingerprint density at radius 2 is 2.21 bits per heavy atom. The molecule has 8 heteroatoms. The summed E-state index contributed by atoms with van der Waals surface area (Å²) in [5, 5.41) is 9.06. The summed E-state index contributed by atoms with van der Waals surface area (Å²) < 4.78 is 10.3. The second kappa shape index (κ2) is 7.22. The first-order chi connectivity index (χ1) is 11.6. The number of nitrogens with one attached hydrogen (secondary N) is 2. The minimum atomic E-state index is -0.461. The Balaban J connectivity index is 1.62. The average molecular weight is 330 g/mol. The van der Waals surface area contributed by atoms with Crippen molar-refractivity contribution in [2.45, 2.75) is 25.9 Å². The highest BCUT2D eigenvalue weighted by atomic mass is 16.5. The van der Waals surface area contributed by atoms with E-state index in [0.29, 0.717) is 23.7 Å². The van der Waals surface area contributed by atoms with Crippen molar-refractivity contribution in [3.63, 3.8) is 0 Å². The molecule has 3 heterocycles. The molecule has 1 fully saturated rings. The lowest BCUT2D eigenvalue weighted by Gasteiger charge is -2.11. The third kappa shape index (κ3) is 3.96. The van der Waals surface area contributed by atoms with Crippen LogP contribution in [0.25, 0.3) is 0 Å². The van der Waals surface area contributed by atoms with E-state index in [1.54, 1.807) is 19.1 Å². The van der Waals surface area contributed by atoms with Crippen LogP contribution >= 0.6 is 0 Å². The molecule has 1 atom stereocenters. The van der Waals surface area contributed by atoms with Crippen LogP contribution in [0.15, 0.2) is 28.9 Å². The van der Waals surface area contributed by atoms with Gasteiger partial charge >= 0.3 is 0 Å². The number of carbonyl (C=O) groups excluding carboxylic acids is 2. The van der Waals surface area contributed by atoms with Gasteiger partial charge in [-0.15, -0.1) is 0 Å². The first-order valence-corrected chi connectivity index (χ1v) is 7.72. The van der Waals surface area contributed by atoms with Gasteiger partial charge in [0.15, 0.2) is 5.82 Å². The molecule has 0 radical (unpaired) electrons. The molecule has 0 aromatic carbocycles. The van der Waals surface area contributed by atoms with Crippen LogP contribution < -0.4 is 10.6 Å². The number of hydrogen-bond donors (Lipinski definition) is 2. The SMILES string of the molecule is Cc1cc(NC(=O)c2cc(C(=O)NCC3CCCO3)ccn2)no1. The summed E-state index contributed by atoms with van der Waals surface area (Å²) in [5.41, 5.74) is 0.491. The monoisotopic (exact) mass is 330 g/mol. The summed E-state index contributed by atoms with van der Waals surface area (Å²) in [4.78, 5) is 28.3. The molecular weight excluding hydrogens is 312 g/mol. The van der Waals surface area contributed by atoms with Gasteiger partial charge in [0.25, 0.3) is 11.8 Å². The Kier molecular flexibility index (Phi) is 4.85. The first kappa shape index (κ1) is 16.1. The van der Waals surface area contributed by atoms with Crippen LogP contribution in [0.4, 0.5) is 5.82 Å². The van der Waals surface area contributed by atoms with Gasteiger partial charge in [0, 0.05) is 31.0 Å². The van der Waals surface area contributed by atoms with E-state index < -0.39 is 5.91 Å². The van der Waals surface area contributed by atoms with Crippen LogP contribution in [0.1, 0.15) is 39.4 Å². The molecule has 1 unspecified atom stereocenters. The van der Waals surface area contributed by atoms with Gasteiger partial charge in [0.2, 0.25) is 0 Å². The molecule has 1 aliphatic rings. The van der Waals surface area contributed by atoms with Crippen molar-refractivity contribution < 1.29 is 18.8 Å². The van der Waals surface area contributed by atoms with Crippen molar-refractivity contribution >= 4 is 17.6 Å². The van der Waals surface area contributed by atoms with E-state index in [-0.39, 0.29) is 17.7 Å². The number of hydrogen-bond acceptors (Lipinski definition) is 6. The molecule has 0 saturated carbocycles. The normalized spacial score (nSPS) is 16.8. The summed E-state index contributed by atoms with van der Waals surface area (Å²) >= 11 is 0. The molecule has 0 spiro atoms. The number of aryl methyl sites for hydroxylation is 1. The zero-order valence-electron chi connectivity index (χ0n) is 13.2. The molecule has 3 rings (SSSR count). The summed E-state index contributed by atoms with van der Waals surface area (Å²) in [6.07, 6.45) is 3.45. The highest BCUT2D eigenvalue weighted by molar-refractivity contribution is 6.04. The highest BCUT2D eigenvalue weighted by Crippen LogP contribution is 2.12. The lowest BCUT2D eigenvalue weighted by Crippen LogP contribution is -2.32. The van der Waals surface area contributed by atoms with E-state index >= 15 is 0 Å². The van der Waals surface area contributed by atoms with Gasteiger partial charge in [0.05, 0.1) is 6.10 Å². The first-order valence-electron chi connectivity index (χ1n) is 7.72. The molecule has 1 aliphatic heterocycles. The number of rotatable bonds is 5. The molecule has 1 saturated heterocycles. The average Bonchev–Trinajstić information content (AvgIpc) is 3.24. The predicted molar refractivity (Wildman–Crippen MR) is 84.7 cm³/mol. The number of anilines is 1. The second-order valence-electron chi connectivity index (χ2n) is 5.55. The molecule has 0 bridgehead atoms. The summed E-state index contributed by atoms with van der Waals surface area (Å²) in [6, 6.07) is 4.59. The predicted octanol–water partition coefficient (Wildman–Crippen LogP) is 1.54. The third-order valence-corrected chi connectivity index (χ3v) is 3.64. The maximum Gasteiger partial charge on any atom is 0.275 e. The number of ether oxygens (including phenoxy) is 1. The van der Waals surface area contributed by atoms with E-state index in [9.17, 15) is 9.59 Å². The fourth-order valence-electron chi connectivity index (χ4n) is 2.42. The molecule has 2 N–H and O–H groups in total.